The van der Waals surface area contributed by atoms with E-state index in [4.69, 9.17) is 18.9 Å². The van der Waals surface area contributed by atoms with Crippen LogP contribution in [0.2, 0.25) is 0 Å². The van der Waals surface area contributed by atoms with Crippen molar-refractivity contribution in [1.29, 1.82) is 5.26 Å². The molecule has 2 aliphatic rings. The number of nitriles is 1. The number of hydrogen-bond donors (Lipinski definition) is 1. The molecule has 1 N–H and O–H groups in total. The molecular formula is C31H38N6O5S. The molecule has 228 valence electrons. The number of methoxy groups -OCH3 is 1. The van der Waals surface area contributed by atoms with Crippen LogP contribution in [0, 0.1) is 11.3 Å². The van der Waals surface area contributed by atoms with Gasteiger partial charge in [0.1, 0.15) is 23.7 Å². The standard InChI is InChI=1S/C31H38N6O5S/c1-36-12-14-37(15-13-36)43(38)19-3-16-41-29-7-5-25(21-30(29)39-2)34-31-33-11-8-27(35-31)23-4-6-28(24(20-23)22-32)42-26-9-17-40-18-10-26/h4-8,11,20-21,26H,3,9-10,12-19H2,1-2H3,(H,33,34,35). The zero-order chi connectivity index (χ0) is 30.0. The molecule has 2 aromatic carbocycles. The molecular weight excluding hydrogens is 568 g/mol. The molecule has 0 aliphatic carbocycles. The van der Waals surface area contributed by atoms with Crippen molar-refractivity contribution < 1.29 is 23.5 Å². The van der Waals surface area contributed by atoms with Crippen molar-refractivity contribution in [1.82, 2.24) is 19.2 Å². The molecule has 0 radical (unpaired) electrons. The molecule has 0 amide bonds. The summed E-state index contributed by atoms with van der Waals surface area (Å²) in [4.78, 5) is 11.3. The van der Waals surface area contributed by atoms with E-state index in [2.05, 4.69) is 33.3 Å². The number of ether oxygens (including phenoxy) is 4. The van der Waals surface area contributed by atoms with E-state index in [0.717, 1.165) is 50.3 Å². The zero-order valence-electron chi connectivity index (χ0n) is 24.7. The molecule has 2 fully saturated rings. The number of nitrogens with zero attached hydrogens (tertiary/aromatic N) is 5. The first-order valence-electron chi connectivity index (χ1n) is 14.5. The fraction of sp³-hybridized carbons (Fsp3) is 0.452. The van der Waals surface area contributed by atoms with Gasteiger partial charge in [0.05, 0.1) is 51.3 Å². The fourth-order valence-electron chi connectivity index (χ4n) is 4.91. The normalized spacial score (nSPS) is 17.2. The van der Waals surface area contributed by atoms with Crippen molar-refractivity contribution in [3.8, 4) is 34.6 Å². The second-order valence-electron chi connectivity index (χ2n) is 10.5. The van der Waals surface area contributed by atoms with Crippen LogP contribution >= 0.6 is 0 Å². The Morgan fingerprint density at radius 3 is 2.63 bits per heavy atom. The first-order chi connectivity index (χ1) is 21.0. The van der Waals surface area contributed by atoms with Crippen molar-refractivity contribution in [2.24, 2.45) is 0 Å². The van der Waals surface area contributed by atoms with E-state index in [1.807, 2.05) is 34.6 Å². The Hall–Kier alpha value is -3.60. The Labute approximate surface area is 256 Å². The molecule has 3 aromatic rings. The van der Waals surface area contributed by atoms with Gasteiger partial charge in [0.15, 0.2) is 11.5 Å². The van der Waals surface area contributed by atoms with Crippen LogP contribution in [0.4, 0.5) is 11.6 Å². The van der Waals surface area contributed by atoms with Crippen molar-refractivity contribution in [2.75, 3.05) is 71.2 Å². The highest BCUT2D eigenvalue weighted by Gasteiger charge is 2.24. The van der Waals surface area contributed by atoms with Gasteiger partial charge in [-0.15, -0.1) is 4.31 Å². The van der Waals surface area contributed by atoms with Gasteiger partial charge in [0.2, 0.25) is 5.95 Å². The highest BCUT2D eigenvalue weighted by Crippen LogP contribution is 2.32. The van der Waals surface area contributed by atoms with Crippen molar-refractivity contribution in [2.45, 2.75) is 25.4 Å². The topological polar surface area (TPSA) is 128 Å². The lowest BCUT2D eigenvalue weighted by atomic mass is 10.1. The summed E-state index contributed by atoms with van der Waals surface area (Å²) >= 11 is -0.989. The summed E-state index contributed by atoms with van der Waals surface area (Å²) < 4.78 is 37.6. The minimum Gasteiger partial charge on any atom is -0.598 e. The lowest BCUT2D eigenvalue weighted by molar-refractivity contribution is 0.0254. The fourth-order valence-corrected chi connectivity index (χ4v) is 6.11. The van der Waals surface area contributed by atoms with Crippen molar-refractivity contribution in [3.63, 3.8) is 0 Å². The average molecular weight is 607 g/mol. The molecule has 43 heavy (non-hydrogen) atoms. The Balaban J connectivity index is 1.17. The predicted molar refractivity (Wildman–Crippen MR) is 165 cm³/mol. The summed E-state index contributed by atoms with van der Waals surface area (Å²) in [5.41, 5.74) is 2.65. The molecule has 3 heterocycles. The van der Waals surface area contributed by atoms with E-state index in [9.17, 15) is 9.81 Å². The third kappa shape index (κ3) is 8.49. The minimum absolute atomic E-state index is 0.0491. The second-order valence-corrected chi connectivity index (χ2v) is 12.0. The molecule has 0 bridgehead atoms. The quantitative estimate of drug-likeness (QED) is 0.237. The third-order valence-electron chi connectivity index (χ3n) is 7.40. The van der Waals surface area contributed by atoms with E-state index in [0.29, 0.717) is 66.4 Å². The summed E-state index contributed by atoms with van der Waals surface area (Å²) in [6.07, 6.45) is 4.02. The SMILES string of the molecule is COc1cc(Nc2nccc(-c3ccc(OC4CCOCC4)c(C#N)c3)n2)ccc1OCCC[S+]([O-])N1CCN(C)CC1. The molecule has 5 rings (SSSR count). The van der Waals surface area contributed by atoms with Crippen LogP contribution in [-0.2, 0) is 16.1 Å². The van der Waals surface area contributed by atoms with Gasteiger partial charge in [-0.25, -0.2) is 9.97 Å². The van der Waals surface area contributed by atoms with Crippen LogP contribution in [0.25, 0.3) is 11.3 Å². The number of benzene rings is 2. The maximum Gasteiger partial charge on any atom is 0.227 e. The number of hydrogen-bond acceptors (Lipinski definition) is 11. The van der Waals surface area contributed by atoms with Gasteiger partial charge in [-0.3, -0.25) is 0 Å². The molecule has 1 atom stereocenters. The molecule has 11 nitrogen and oxygen atoms in total. The van der Waals surface area contributed by atoms with Crippen LogP contribution in [-0.4, -0.2) is 95.7 Å². The molecule has 0 saturated carbocycles. The molecule has 2 saturated heterocycles. The Morgan fingerprint density at radius 1 is 1.07 bits per heavy atom. The maximum atomic E-state index is 12.6. The van der Waals surface area contributed by atoms with Gasteiger partial charge in [-0.1, -0.05) is 0 Å². The van der Waals surface area contributed by atoms with Gasteiger partial charge < -0.3 is 33.7 Å². The summed E-state index contributed by atoms with van der Waals surface area (Å²) in [5.74, 6) is 2.73. The van der Waals surface area contributed by atoms with Gasteiger partial charge in [-0.2, -0.15) is 5.26 Å². The van der Waals surface area contributed by atoms with E-state index < -0.39 is 11.4 Å². The highest BCUT2D eigenvalue weighted by molar-refractivity contribution is 7.89. The molecule has 2 aliphatic heterocycles. The van der Waals surface area contributed by atoms with Gasteiger partial charge in [0.25, 0.3) is 0 Å². The maximum absolute atomic E-state index is 12.6. The number of piperazine rings is 1. The molecule has 1 unspecified atom stereocenters. The molecule has 12 heteroatoms. The first-order valence-corrected chi connectivity index (χ1v) is 15.8. The van der Waals surface area contributed by atoms with Crippen LogP contribution < -0.4 is 19.5 Å². The third-order valence-corrected chi connectivity index (χ3v) is 8.98. The first kappa shape index (κ1) is 30.8. The summed E-state index contributed by atoms with van der Waals surface area (Å²) in [5, 5.41) is 13.0. The molecule has 1 aromatic heterocycles. The van der Waals surface area contributed by atoms with E-state index in [1.54, 1.807) is 25.4 Å². The highest BCUT2D eigenvalue weighted by atomic mass is 32.2. The van der Waals surface area contributed by atoms with Crippen LogP contribution in [0.5, 0.6) is 17.2 Å². The van der Waals surface area contributed by atoms with Gasteiger partial charge in [-0.05, 0) is 43.4 Å². The van der Waals surface area contributed by atoms with E-state index in [-0.39, 0.29) is 6.10 Å². The Kier molecular flexibility index (Phi) is 10.9. The Bertz CT molecular complexity index is 1390. The summed E-state index contributed by atoms with van der Waals surface area (Å²) in [7, 11) is 3.68. The summed E-state index contributed by atoms with van der Waals surface area (Å²) in [6, 6.07) is 15.1. The lowest BCUT2D eigenvalue weighted by Gasteiger charge is -2.32. The number of rotatable bonds is 12. The second kappa shape index (κ2) is 15.2. The minimum atomic E-state index is -0.989. The number of nitrogens with one attached hydrogen (secondary N) is 1. The van der Waals surface area contributed by atoms with E-state index in [1.165, 1.54) is 0 Å². The van der Waals surface area contributed by atoms with E-state index >= 15 is 0 Å². The van der Waals surface area contributed by atoms with Crippen LogP contribution in [0.3, 0.4) is 0 Å². The van der Waals surface area contributed by atoms with Gasteiger partial charge in [0, 0.05) is 67.2 Å². The van der Waals surface area contributed by atoms with Crippen molar-refractivity contribution in [3.05, 3.63) is 54.2 Å². The number of likely N-dealkylation sites (N-methyl/N-ethyl adjacent to an activating group) is 1. The smallest absolute Gasteiger partial charge is 0.227 e. The number of aromatic nitrogens is 2. The zero-order valence-corrected chi connectivity index (χ0v) is 25.5. The largest absolute Gasteiger partial charge is 0.598 e. The van der Waals surface area contributed by atoms with Crippen LogP contribution in [0.15, 0.2) is 48.7 Å². The molecule has 0 spiro atoms. The predicted octanol–water partition coefficient (Wildman–Crippen LogP) is 4.01. The monoisotopic (exact) mass is 606 g/mol. The number of anilines is 2. The van der Waals surface area contributed by atoms with Crippen LogP contribution in [0.1, 0.15) is 24.8 Å². The Morgan fingerprint density at radius 2 is 1.86 bits per heavy atom. The summed E-state index contributed by atoms with van der Waals surface area (Å²) in [6.45, 7) is 5.33. The van der Waals surface area contributed by atoms with Crippen molar-refractivity contribution >= 4 is 23.0 Å². The lowest BCUT2D eigenvalue weighted by Crippen LogP contribution is -2.47. The van der Waals surface area contributed by atoms with Gasteiger partial charge >= 0.3 is 0 Å². The average Bonchev–Trinajstić information content (AvgIpc) is 3.04.